The highest BCUT2D eigenvalue weighted by Gasteiger charge is 2.39. The van der Waals surface area contributed by atoms with E-state index < -0.39 is 34.4 Å². The number of benzene rings is 4. The second-order valence-corrected chi connectivity index (χ2v) is 12.5. The van der Waals surface area contributed by atoms with Crippen LogP contribution in [0.5, 0.6) is 11.5 Å². The molecule has 4 aromatic rings. The largest absolute Gasteiger partial charge is 0.482 e. The number of ether oxygens (including phenoxy) is 3. The van der Waals surface area contributed by atoms with Crippen LogP contribution in [0.25, 0.3) is 5.76 Å². The topological polar surface area (TPSA) is 137 Å². The van der Waals surface area contributed by atoms with Gasteiger partial charge in [0.05, 0.1) is 4.90 Å². The van der Waals surface area contributed by atoms with Crippen LogP contribution in [0, 0.1) is 6.92 Å². The third-order valence-electron chi connectivity index (χ3n) is 6.39. The van der Waals surface area contributed by atoms with Gasteiger partial charge in [0.25, 0.3) is 10.0 Å². The minimum atomic E-state index is -4.04. The van der Waals surface area contributed by atoms with Crippen molar-refractivity contribution in [2.24, 2.45) is 0 Å². The van der Waals surface area contributed by atoms with E-state index in [1.165, 1.54) is 19.2 Å². The summed E-state index contributed by atoms with van der Waals surface area (Å²) >= 11 is 11.5. The lowest BCUT2D eigenvalue weighted by molar-refractivity contribution is -0.140. The molecule has 0 spiro atoms. The first-order chi connectivity index (χ1) is 21.9. The van der Waals surface area contributed by atoms with E-state index in [-0.39, 0.29) is 34.1 Å². The zero-order chi connectivity index (χ0) is 33.4. The van der Waals surface area contributed by atoms with Gasteiger partial charge in [0.2, 0.25) is 5.78 Å². The highest BCUT2D eigenvalue weighted by molar-refractivity contribution is 7.89. The third-order valence-corrected chi connectivity index (χ3v) is 8.71. The van der Waals surface area contributed by atoms with E-state index in [9.17, 15) is 22.8 Å². The molecule has 0 atom stereocenters. The van der Waals surface area contributed by atoms with Crippen molar-refractivity contribution >= 4 is 56.7 Å². The van der Waals surface area contributed by atoms with Gasteiger partial charge in [0, 0.05) is 28.2 Å². The zero-order valence-corrected chi connectivity index (χ0v) is 26.8. The Bertz CT molecular complexity index is 1870. The molecule has 4 aromatic carbocycles. The summed E-state index contributed by atoms with van der Waals surface area (Å²) in [6.45, 7) is 1.08. The number of allylic oxidation sites excluding steroid dienone is 1. The van der Waals surface area contributed by atoms with Crippen molar-refractivity contribution in [3.8, 4) is 11.5 Å². The van der Waals surface area contributed by atoms with Crippen LogP contribution in [-0.2, 0) is 24.3 Å². The van der Waals surface area contributed by atoms with Crippen molar-refractivity contribution in [2.45, 2.75) is 11.8 Å². The number of Topliss-reactive ketones (excluding diaryl/α,β-unsaturated/α-hetero) is 1. The lowest BCUT2D eigenvalue weighted by atomic mass is 10.0. The van der Waals surface area contributed by atoms with Crippen molar-refractivity contribution in [2.75, 3.05) is 20.3 Å². The quantitative estimate of drug-likeness (QED) is 0.160. The van der Waals surface area contributed by atoms with E-state index in [0.717, 1.165) is 9.87 Å². The molecule has 0 aromatic heterocycles. The van der Waals surface area contributed by atoms with Crippen molar-refractivity contribution in [1.82, 2.24) is 4.31 Å². The Labute approximate surface area is 275 Å². The van der Waals surface area contributed by atoms with Crippen molar-refractivity contribution < 1.29 is 42.1 Å². The fourth-order valence-corrected chi connectivity index (χ4v) is 5.74. The summed E-state index contributed by atoms with van der Waals surface area (Å²) in [6, 6.07) is 25.6. The highest BCUT2D eigenvalue weighted by atomic mass is 35.5. The summed E-state index contributed by atoms with van der Waals surface area (Å²) in [5.74, 6) is -1.64. The number of hydrogen-bond donors (Lipinski definition) is 1. The second kappa shape index (κ2) is 15.0. The van der Waals surface area contributed by atoms with Crippen molar-refractivity contribution in [3.63, 3.8) is 0 Å². The van der Waals surface area contributed by atoms with Gasteiger partial charge in [0.1, 0.15) is 17.2 Å². The molecule has 1 aliphatic heterocycles. The van der Waals surface area contributed by atoms with E-state index >= 15 is 0 Å². The number of sulfonamides is 1. The van der Waals surface area contributed by atoms with Crippen LogP contribution in [0.4, 0.5) is 0 Å². The molecule has 46 heavy (non-hydrogen) atoms. The molecule has 10 nitrogen and oxygen atoms in total. The predicted molar refractivity (Wildman–Crippen MR) is 171 cm³/mol. The Morgan fingerprint density at radius 1 is 0.761 bits per heavy atom. The van der Waals surface area contributed by atoms with Crippen LogP contribution in [0.1, 0.15) is 21.5 Å². The Hall–Kier alpha value is -4.84. The number of ketones is 1. The first-order valence-electron chi connectivity index (χ1n) is 13.5. The number of aliphatic carboxylic acids is 1. The lowest BCUT2D eigenvalue weighted by Gasteiger charge is -2.30. The molecular weight excluding hydrogens is 657 g/mol. The SMILES string of the molecule is Cc1ccc(C(=O)C2=C(OC(=O)COc3ccc(Cl)cc3)c3ccccc3S(=O)(=O)N2C)cc1.O=C(O)COc1ccc(Cl)cc1. The molecule has 0 unspecified atom stereocenters. The number of rotatable bonds is 9. The van der Waals surface area contributed by atoms with Gasteiger partial charge >= 0.3 is 11.9 Å². The van der Waals surface area contributed by atoms with Crippen molar-refractivity contribution in [1.29, 1.82) is 0 Å². The number of halogens is 2. The number of hydrogen-bond acceptors (Lipinski definition) is 8. The van der Waals surface area contributed by atoms with Crippen LogP contribution in [0.2, 0.25) is 10.0 Å². The maximum absolute atomic E-state index is 13.4. The minimum Gasteiger partial charge on any atom is -0.482 e. The lowest BCUT2D eigenvalue weighted by Crippen LogP contribution is -2.36. The molecule has 1 aliphatic rings. The van der Waals surface area contributed by atoms with Gasteiger partial charge in [0.15, 0.2) is 19.0 Å². The first-order valence-corrected chi connectivity index (χ1v) is 15.7. The molecule has 1 heterocycles. The molecule has 13 heteroatoms. The second-order valence-electron chi connectivity index (χ2n) is 9.69. The van der Waals surface area contributed by atoms with Crippen LogP contribution < -0.4 is 9.47 Å². The van der Waals surface area contributed by atoms with Crippen LogP contribution in [0.15, 0.2) is 108 Å². The molecule has 0 radical (unpaired) electrons. The highest BCUT2D eigenvalue weighted by Crippen LogP contribution is 2.38. The summed E-state index contributed by atoms with van der Waals surface area (Å²) in [4.78, 5) is 36.1. The smallest absolute Gasteiger partial charge is 0.349 e. The van der Waals surface area contributed by atoms with Crippen LogP contribution in [0.3, 0.4) is 0 Å². The predicted octanol–water partition coefficient (Wildman–Crippen LogP) is 6.26. The number of nitrogens with zero attached hydrogens (tertiary/aromatic N) is 1. The molecule has 5 rings (SSSR count). The number of aryl methyl sites for hydroxylation is 1. The molecule has 0 saturated carbocycles. The molecule has 0 fully saturated rings. The van der Waals surface area contributed by atoms with Gasteiger partial charge < -0.3 is 19.3 Å². The average molecular weight is 685 g/mol. The minimum absolute atomic E-state index is 0.0700. The zero-order valence-electron chi connectivity index (χ0n) is 24.5. The van der Waals surface area contributed by atoms with E-state index in [2.05, 4.69) is 0 Å². The Kier molecular flexibility index (Phi) is 11.1. The first kappa shape index (κ1) is 34.0. The van der Waals surface area contributed by atoms with E-state index in [0.29, 0.717) is 21.5 Å². The molecule has 0 aliphatic carbocycles. The van der Waals surface area contributed by atoms with Gasteiger partial charge in [-0.3, -0.25) is 9.10 Å². The van der Waals surface area contributed by atoms with Crippen LogP contribution in [-0.4, -0.2) is 55.8 Å². The number of carboxylic acid groups (broad SMARTS) is 1. The maximum Gasteiger partial charge on any atom is 0.349 e. The van der Waals surface area contributed by atoms with Crippen LogP contribution >= 0.6 is 23.2 Å². The molecule has 0 saturated heterocycles. The number of fused-ring (bicyclic) bond motifs is 1. The van der Waals surface area contributed by atoms with Crippen molar-refractivity contribution in [3.05, 3.63) is 129 Å². The standard InChI is InChI=1S/C25H20ClNO6S.C8H7ClO3/c1-16-7-9-17(10-8-16)24(29)23-25(20-5-3-4-6-21(20)34(30,31)27(23)2)33-22(28)15-32-19-13-11-18(26)12-14-19;9-6-1-3-7(4-2-6)12-5-8(10)11/h3-14H,15H2,1-2H3;1-4H,5H2,(H,10,11). The molecular formula is C33H27Cl2NO9S. The Morgan fingerprint density at radius 2 is 1.28 bits per heavy atom. The third kappa shape index (κ3) is 8.45. The summed E-state index contributed by atoms with van der Waals surface area (Å²) in [5.41, 5.74) is 1.05. The Morgan fingerprint density at radius 3 is 1.83 bits per heavy atom. The van der Waals surface area contributed by atoms with Gasteiger partial charge in [-0.05, 0) is 67.6 Å². The van der Waals surface area contributed by atoms with Gasteiger partial charge in [-0.15, -0.1) is 0 Å². The fraction of sp³-hybridized carbons (Fsp3) is 0.121. The van der Waals surface area contributed by atoms with E-state index in [1.54, 1.807) is 84.9 Å². The monoisotopic (exact) mass is 683 g/mol. The number of esters is 1. The summed E-state index contributed by atoms with van der Waals surface area (Å²) in [6.07, 6.45) is 0. The van der Waals surface area contributed by atoms with E-state index in [4.69, 9.17) is 42.5 Å². The maximum atomic E-state index is 13.4. The molecule has 1 N–H and O–H groups in total. The van der Waals surface area contributed by atoms with Gasteiger partial charge in [-0.1, -0.05) is 65.2 Å². The fourth-order valence-electron chi connectivity index (χ4n) is 4.10. The number of carboxylic acids is 1. The molecule has 0 amide bonds. The summed E-state index contributed by atoms with van der Waals surface area (Å²) in [7, 11) is -2.78. The number of carbonyl (C=O) groups is 3. The van der Waals surface area contributed by atoms with Gasteiger partial charge in [-0.2, -0.15) is 0 Å². The average Bonchev–Trinajstić information content (AvgIpc) is 3.04. The molecule has 238 valence electrons. The number of likely N-dealkylation sites (N-methyl/N-ethyl adjacent to an activating group) is 1. The summed E-state index contributed by atoms with van der Waals surface area (Å²) < 4.78 is 43.0. The number of carbonyl (C=O) groups excluding carboxylic acids is 2. The molecule has 0 bridgehead atoms. The summed E-state index contributed by atoms with van der Waals surface area (Å²) in [5, 5.41) is 9.39. The Balaban J connectivity index is 0.000000337. The van der Waals surface area contributed by atoms with Gasteiger partial charge in [-0.25, -0.2) is 18.0 Å². The van der Waals surface area contributed by atoms with E-state index in [1.807, 2.05) is 6.92 Å². The normalized spacial score (nSPS) is 13.1.